The Morgan fingerprint density at radius 1 is 1.42 bits per heavy atom. The highest BCUT2D eigenvalue weighted by Crippen LogP contribution is 2.30. The van der Waals surface area contributed by atoms with Gasteiger partial charge in [-0.15, -0.1) is 0 Å². The van der Waals surface area contributed by atoms with Crippen LogP contribution in [0.15, 0.2) is 12.3 Å². The lowest BCUT2D eigenvalue weighted by Gasteiger charge is -2.34. The van der Waals surface area contributed by atoms with E-state index in [-0.39, 0.29) is 6.04 Å². The average molecular weight is 265 g/mol. The van der Waals surface area contributed by atoms with Gasteiger partial charge in [0.15, 0.2) is 0 Å². The van der Waals surface area contributed by atoms with E-state index in [4.69, 9.17) is 5.73 Å². The number of aromatic nitrogens is 2. The van der Waals surface area contributed by atoms with Gasteiger partial charge >= 0.3 is 0 Å². The first-order chi connectivity index (χ1) is 9.06. The first-order valence-corrected chi connectivity index (χ1v) is 7.58. The van der Waals surface area contributed by atoms with E-state index in [1.165, 1.54) is 0 Å². The summed E-state index contributed by atoms with van der Waals surface area (Å²) in [4.78, 5) is 0. The van der Waals surface area contributed by atoms with Crippen molar-refractivity contribution in [1.82, 2.24) is 9.78 Å². The molecule has 0 unspecified atom stereocenters. The molecule has 0 aliphatic heterocycles. The van der Waals surface area contributed by atoms with Crippen LogP contribution >= 0.6 is 0 Å². The van der Waals surface area contributed by atoms with Crippen LogP contribution in [0.1, 0.15) is 64.1 Å². The molecule has 0 atom stereocenters. The van der Waals surface area contributed by atoms with Crippen molar-refractivity contribution in [2.45, 2.75) is 76.5 Å². The third-order valence-electron chi connectivity index (χ3n) is 4.45. The minimum atomic E-state index is -0.594. The van der Waals surface area contributed by atoms with Crippen LogP contribution in [0.4, 0.5) is 0 Å². The lowest BCUT2D eigenvalue weighted by molar-refractivity contribution is -0.000738. The van der Waals surface area contributed by atoms with Gasteiger partial charge in [-0.25, -0.2) is 0 Å². The second-order valence-corrected chi connectivity index (χ2v) is 6.00. The maximum Gasteiger partial charge on any atom is 0.0704 e. The maximum atomic E-state index is 10.6. The zero-order valence-corrected chi connectivity index (χ0v) is 12.2. The molecule has 0 bridgehead atoms. The summed E-state index contributed by atoms with van der Waals surface area (Å²) in [5.74, 6) is 0. The van der Waals surface area contributed by atoms with Crippen molar-refractivity contribution < 1.29 is 5.11 Å². The summed E-state index contributed by atoms with van der Waals surface area (Å²) in [5.41, 5.74) is 6.31. The van der Waals surface area contributed by atoms with Crippen molar-refractivity contribution in [3.63, 3.8) is 0 Å². The predicted molar refractivity (Wildman–Crippen MR) is 76.9 cm³/mol. The van der Waals surface area contributed by atoms with Gasteiger partial charge < -0.3 is 10.8 Å². The van der Waals surface area contributed by atoms with E-state index < -0.39 is 5.60 Å². The van der Waals surface area contributed by atoms with Gasteiger partial charge in [-0.2, -0.15) is 5.10 Å². The van der Waals surface area contributed by atoms with Crippen LogP contribution in [0, 0.1) is 0 Å². The van der Waals surface area contributed by atoms with Crippen LogP contribution in [-0.4, -0.2) is 26.5 Å². The standard InChI is InChI=1S/C15H27N3O/c1-3-14(4-2)18-10-7-13(17-18)11-15(19)8-5-12(16)6-9-15/h7,10,12,14,19H,3-6,8-9,11,16H2,1-2H3. The molecule has 4 heteroatoms. The quantitative estimate of drug-likeness (QED) is 0.859. The highest BCUT2D eigenvalue weighted by Gasteiger charge is 2.32. The number of aliphatic hydroxyl groups is 1. The number of nitrogens with zero attached hydrogens (tertiary/aromatic N) is 2. The molecular formula is C15H27N3O. The highest BCUT2D eigenvalue weighted by molar-refractivity contribution is 5.06. The minimum absolute atomic E-state index is 0.266. The van der Waals surface area contributed by atoms with E-state index in [0.717, 1.165) is 44.2 Å². The summed E-state index contributed by atoms with van der Waals surface area (Å²) in [6.45, 7) is 4.37. The number of hydrogen-bond acceptors (Lipinski definition) is 3. The molecule has 3 N–H and O–H groups in total. The van der Waals surface area contributed by atoms with E-state index in [1.54, 1.807) is 0 Å². The Balaban J connectivity index is 1.99. The van der Waals surface area contributed by atoms with Crippen molar-refractivity contribution in [2.24, 2.45) is 5.73 Å². The normalized spacial score (nSPS) is 27.9. The molecular weight excluding hydrogens is 238 g/mol. The molecule has 1 fully saturated rings. The van der Waals surface area contributed by atoms with E-state index in [1.807, 2.05) is 16.9 Å². The first-order valence-electron chi connectivity index (χ1n) is 7.58. The number of rotatable bonds is 5. The van der Waals surface area contributed by atoms with Crippen LogP contribution in [0.2, 0.25) is 0 Å². The van der Waals surface area contributed by atoms with Gasteiger partial charge in [-0.05, 0) is 44.6 Å². The Hall–Kier alpha value is -0.870. The number of hydrogen-bond donors (Lipinski definition) is 2. The van der Waals surface area contributed by atoms with Crippen molar-refractivity contribution in [3.05, 3.63) is 18.0 Å². The minimum Gasteiger partial charge on any atom is -0.389 e. The molecule has 0 amide bonds. The predicted octanol–water partition coefficient (Wildman–Crippen LogP) is 2.42. The Bertz CT molecular complexity index is 390. The zero-order chi connectivity index (χ0) is 13.9. The highest BCUT2D eigenvalue weighted by atomic mass is 16.3. The summed E-state index contributed by atoms with van der Waals surface area (Å²) in [6.07, 6.45) is 8.33. The van der Waals surface area contributed by atoms with Gasteiger partial charge in [0.2, 0.25) is 0 Å². The average Bonchev–Trinajstić information content (AvgIpc) is 2.83. The largest absolute Gasteiger partial charge is 0.389 e. The molecule has 1 heterocycles. The topological polar surface area (TPSA) is 64.1 Å². The van der Waals surface area contributed by atoms with E-state index >= 15 is 0 Å². The summed E-state index contributed by atoms with van der Waals surface area (Å²) >= 11 is 0. The fourth-order valence-electron chi connectivity index (χ4n) is 3.03. The van der Waals surface area contributed by atoms with Crippen molar-refractivity contribution in [3.8, 4) is 0 Å². The molecule has 108 valence electrons. The smallest absolute Gasteiger partial charge is 0.0704 e. The third-order valence-corrected chi connectivity index (χ3v) is 4.45. The molecule has 19 heavy (non-hydrogen) atoms. The molecule has 0 aromatic carbocycles. The fourth-order valence-corrected chi connectivity index (χ4v) is 3.03. The zero-order valence-electron chi connectivity index (χ0n) is 12.2. The van der Waals surface area contributed by atoms with Gasteiger partial charge in [0.05, 0.1) is 17.3 Å². The van der Waals surface area contributed by atoms with E-state index in [2.05, 4.69) is 18.9 Å². The van der Waals surface area contributed by atoms with E-state index in [9.17, 15) is 5.11 Å². The second kappa shape index (κ2) is 6.06. The molecule has 1 aromatic rings. The summed E-state index contributed by atoms with van der Waals surface area (Å²) in [5, 5.41) is 15.2. The molecule has 1 aliphatic rings. The van der Waals surface area contributed by atoms with Crippen molar-refractivity contribution in [1.29, 1.82) is 0 Å². The molecule has 0 radical (unpaired) electrons. The van der Waals surface area contributed by atoms with Gasteiger partial charge in [0.1, 0.15) is 0 Å². The molecule has 2 rings (SSSR count). The van der Waals surface area contributed by atoms with E-state index in [0.29, 0.717) is 12.5 Å². The fraction of sp³-hybridized carbons (Fsp3) is 0.800. The molecule has 4 nitrogen and oxygen atoms in total. The van der Waals surface area contributed by atoms with Gasteiger partial charge in [-0.1, -0.05) is 13.8 Å². The molecule has 1 aliphatic carbocycles. The SMILES string of the molecule is CCC(CC)n1ccc(CC2(O)CCC(N)CC2)n1. The van der Waals surface area contributed by atoms with Crippen LogP contribution in [0.25, 0.3) is 0 Å². The monoisotopic (exact) mass is 265 g/mol. The van der Waals surface area contributed by atoms with Crippen molar-refractivity contribution >= 4 is 0 Å². The first kappa shape index (κ1) is 14.5. The van der Waals surface area contributed by atoms with Crippen LogP contribution < -0.4 is 5.73 Å². The molecule has 1 saturated carbocycles. The second-order valence-electron chi connectivity index (χ2n) is 6.00. The number of nitrogens with two attached hydrogens (primary N) is 1. The molecule has 0 saturated heterocycles. The summed E-state index contributed by atoms with van der Waals surface area (Å²) < 4.78 is 2.05. The Morgan fingerprint density at radius 3 is 2.63 bits per heavy atom. The van der Waals surface area contributed by atoms with Gasteiger partial charge in [0, 0.05) is 18.7 Å². The van der Waals surface area contributed by atoms with Gasteiger partial charge in [-0.3, -0.25) is 4.68 Å². The third kappa shape index (κ3) is 3.57. The summed E-state index contributed by atoms with van der Waals surface area (Å²) in [6, 6.07) is 2.79. The maximum absolute atomic E-state index is 10.6. The Kier molecular flexibility index (Phi) is 4.63. The van der Waals surface area contributed by atoms with Crippen molar-refractivity contribution in [2.75, 3.05) is 0 Å². The van der Waals surface area contributed by atoms with Crippen LogP contribution in [-0.2, 0) is 6.42 Å². The molecule has 0 spiro atoms. The Morgan fingerprint density at radius 2 is 2.05 bits per heavy atom. The lowest BCUT2D eigenvalue weighted by Crippen LogP contribution is -2.40. The van der Waals surface area contributed by atoms with Crippen LogP contribution in [0.3, 0.4) is 0 Å². The van der Waals surface area contributed by atoms with Gasteiger partial charge in [0.25, 0.3) is 0 Å². The summed E-state index contributed by atoms with van der Waals surface area (Å²) in [7, 11) is 0. The Labute approximate surface area is 116 Å². The van der Waals surface area contributed by atoms with Crippen LogP contribution in [0.5, 0.6) is 0 Å². The lowest BCUT2D eigenvalue weighted by atomic mass is 9.80. The molecule has 1 aromatic heterocycles.